The molecule has 3 rings (SSSR count). The van der Waals surface area contributed by atoms with Gasteiger partial charge in [0.05, 0.1) is 11.1 Å². The predicted octanol–water partition coefficient (Wildman–Crippen LogP) is 5.45. The highest BCUT2D eigenvalue weighted by atomic mass is 35.5. The van der Waals surface area contributed by atoms with Crippen LogP contribution in [0.1, 0.15) is 22.1 Å². The van der Waals surface area contributed by atoms with Crippen molar-refractivity contribution in [2.75, 3.05) is 5.01 Å². The zero-order valence-corrected chi connectivity index (χ0v) is 14.6. The number of anilines is 1. The highest BCUT2D eigenvalue weighted by molar-refractivity contribution is 6.33. The van der Waals surface area contributed by atoms with Crippen LogP contribution in [0, 0.1) is 6.92 Å². The fourth-order valence-corrected chi connectivity index (χ4v) is 3.42. The van der Waals surface area contributed by atoms with Crippen molar-refractivity contribution in [1.29, 1.82) is 0 Å². The molecule has 0 bridgehead atoms. The molecule has 0 aromatic heterocycles. The van der Waals surface area contributed by atoms with Crippen LogP contribution in [-0.2, 0) is 0 Å². The van der Waals surface area contributed by atoms with E-state index in [0.29, 0.717) is 10.0 Å². The average Bonchev–Trinajstić information content (AvgIpc) is 2.55. The van der Waals surface area contributed by atoms with Gasteiger partial charge in [0.15, 0.2) is 0 Å². The van der Waals surface area contributed by atoms with Gasteiger partial charge in [-0.2, -0.15) is 0 Å². The number of aliphatic imine (C=N–C) groups is 1. The number of alkyl halides is 1. The quantitative estimate of drug-likeness (QED) is 0.731. The molecule has 0 fully saturated rings. The molecule has 0 saturated carbocycles. The first-order chi connectivity index (χ1) is 11.1. The van der Waals surface area contributed by atoms with Crippen molar-refractivity contribution >= 4 is 46.8 Å². The first-order valence-corrected chi connectivity index (χ1v) is 8.19. The van der Waals surface area contributed by atoms with Gasteiger partial charge in [0.2, 0.25) is 0 Å². The van der Waals surface area contributed by atoms with Gasteiger partial charge in [0, 0.05) is 22.4 Å². The summed E-state index contributed by atoms with van der Waals surface area (Å²) in [5.41, 5.74) is 6.82. The van der Waals surface area contributed by atoms with E-state index in [1.807, 2.05) is 43.3 Å². The Kier molecular flexibility index (Phi) is 4.81. The molecule has 0 amide bonds. The summed E-state index contributed by atoms with van der Waals surface area (Å²) in [6, 6.07) is 11.4. The van der Waals surface area contributed by atoms with Gasteiger partial charge in [-0.05, 0) is 47.9 Å². The molecule has 1 N–H and O–H groups in total. The minimum absolute atomic E-state index is 0.336. The van der Waals surface area contributed by atoms with Crippen LogP contribution in [0.4, 0.5) is 5.69 Å². The number of nitrogens with zero attached hydrogens (tertiary/aromatic N) is 2. The Balaban J connectivity index is 1.95. The van der Waals surface area contributed by atoms with Crippen molar-refractivity contribution in [3.05, 3.63) is 75.5 Å². The number of rotatable bonds is 3. The van der Waals surface area contributed by atoms with E-state index in [1.54, 1.807) is 23.7 Å². The fraction of sp³-hybridized carbons (Fsp3) is 0.118. The van der Waals surface area contributed by atoms with Crippen molar-refractivity contribution in [3.63, 3.8) is 0 Å². The van der Waals surface area contributed by atoms with E-state index in [4.69, 9.17) is 34.8 Å². The van der Waals surface area contributed by atoms with Crippen molar-refractivity contribution in [2.24, 2.45) is 4.99 Å². The maximum atomic E-state index is 6.64. The SMILES string of the molecule is Cc1cc(N2C=NC=CN2)cc(Cl)c1C(Cl)c1ccc(Cl)cc1. The van der Waals surface area contributed by atoms with Gasteiger partial charge in [-0.3, -0.25) is 5.43 Å². The largest absolute Gasteiger partial charge is 0.299 e. The molecule has 0 radical (unpaired) electrons. The van der Waals surface area contributed by atoms with Gasteiger partial charge < -0.3 is 0 Å². The molecule has 1 atom stereocenters. The van der Waals surface area contributed by atoms with Crippen molar-refractivity contribution in [3.8, 4) is 0 Å². The van der Waals surface area contributed by atoms with E-state index in [2.05, 4.69) is 10.4 Å². The third kappa shape index (κ3) is 3.47. The molecule has 1 heterocycles. The molecule has 0 aliphatic carbocycles. The number of halogens is 3. The maximum Gasteiger partial charge on any atom is 0.115 e. The number of aryl methyl sites for hydroxylation is 1. The van der Waals surface area contributed by atoms with Crippen LogP contribution >= 0.6 is 34.8 Å². The monoisotopic (exact) mass is 365 g/mol. The van der Waals surface area contributed by atoms with Crippen LogP contribution in [0.15, 0.2) is 53.8 Å². The minimum Gasteiger partial charge on any atom is -0.299 e. The smallest absolute Gasteiger partial charge is 0.115 e. The van der Waals surface area contributed by atoms with Gasteiger partial charge in [0.25, 0.3) is 0 Å². The van der Waals surface area contributed by atoms with Crippen LogP contribution in [0.3, 0.4) is 0 Å². The molecule has 1 aliphatic heterocycles. The van der Waals surface area contributed by atoms with Crippen LogP contribution < -0.4 is 10.4 Å². The Bertz CT molecular complexity index is 746. The molecule has 3 nitrogen and oxygen atoms in total. The Morgan fingerprint density at radius 1 is 1.13 bits per heavy atom. The van der Waals surface area contributed by atoms with Crippen LogP contribution in [-0.4, -0.2) is 6.34 Å². The molecule has 23 heavy (non-hydrogen) atoms. The number of benzene rings is 2. The lowest BCUT2D eigenvalue weighted by Gasteiger charge is -2.24. The number of hydrogen-bond acceptors (Lipinski definition) is 3. The summed E-state index contributed by atoms with van der Waals surface area (Å²) in [4.78, 5) is 4.08. The van der Waals surface area contributed by atoms with Crippen LogP contribution in [0.25, 0.3) is 0 Å². The second-order valence-electron chi connectivity index (χ2n) is 5.15. The number of hydrazine groups is 1. The number of hydrogen-bond donors (Lipinski definition) is 1. The first-order valence-electron chi connectivity index (χ1n) is 6.99. The summed E-state index contributed by atoms with van der Waals surface area (Å²) >= 11 is 19.1. The lowest BCUT2D eigenvalue weighted by Crippen LogP contribution is -2.34. The fourth-order valence-electron chi connectivity index (χ4n) is 2.43. The summed E-state index contributed by atoms with van der Waals surface area (Å²) in [6.07, 6.45) is 5.10. The summed E-state index contributed by atoms with van der Waals surface area (Å²) < 4.78 is 0. The van der Waals surface area contributed by atoms with Crippen molar-refractivity contribution in [1.82, 2.24) is 5.43 Å². The van der Waals surface area contributed by atoms with Gasteiger partial charge in [0.1, 0.15) is 6.34 Å². The molecule has 1 unspecified atom stereocenters. The molecule has 0 saturated heterocycles. The highest BCUT2D eigenvalue weighted by Crippen LogP contribution is 2.38. The predicted molar refractivity (Wildman–Crippen MR) is 98.6 cm³/mol. The van der Waals surface area contributed by atoms with E-state index in [1.165, 1.54) is 0 Å². The van der Waals surface area contributed by atoms with E-state index in [9.17, 15) is 0 Å². The van der Waals surface area contributed by atoms with Gasteiger partial charge in [-0.25, -0.2) is 10.0 Å². The van der Waals surface area contributed by atoms with E-state index >= 15 is 0 Å². The van der Waals surface area contributed by atoms with Crippen molar-refractivity contribution < 1.29 is 0 Å². The third-order valence-electron chi connectivity index (χ3n) is 3.57. The first kappa shape index (κ1) is 16.2. The molecule has 6 heteroatoms. The lowest BCUT2D eigenvalue weighted by molar-refractivity contribution is 0.906. The molecule has 2 aromatic rings. The summed E-state index contributed by atoms with van der Waals surface area (Å²) in [6.45, 7) is 1.99. The Hall–Kier alpha value is -1.68. The molecular formula is C17H14Cl3N3. The van der Waals surface area contributed by atoms with Crippen LogP contribution in [0.5, 0.6) is 0 Å². The normalized spacial score (nSPS) is 14.7. The Labute approximate surface area is 150 Å². The van der Waals surface area contributed by atoms with E-state index in [-0.39, 0.29) is 5.38 Å². The van der Waals surface area contributed by atoms with Crippen molar-refractivity contribution in [2.45, 2.75) is 12.3 Å². The van der Waals surface area contributed by atoms with Gasteiger partial charge in [-0.1, -0.05) is 35.3 Å². The Morgan fingerprint density at radius 2 is 1.87 bits per heavy atom. The second-order valence-corrected chi connectivity index (χ2v) is 6.43. The molecule has 0 spiro atoms. The summed E-state index contributed by atoms with van der Waals surface area (Å²) in [7, 11) is 0. The minimum atomic E-state index is -0.336. The molecule has 1 aliphatic rings. The molecular weight excluding hydrogens is 353 g/mol. The lowest BCUT2D eigenvalue weighted by atomic mass is 9.99. The zero-order chi connectivity index (χ0) is 16.4. The van der Waals surface area contributed by atoms with Gasteiger partial charge in [-0.15, -0.1) is 11.6 Å². The maximum absolute atomic E-state index is 6.64. The third-order valence-corrected chi connectivity index (χ3v) is 4.61. The summed E-state index contributed by atoms with van der Waals surface area (Å²) in [5, 5.41) is 2.74. The van der Waals surface area contributed by atoms with Crippen LogP contribution in [0.2, 0.25) is 10.0 Å². The number of nitrogens with one attached hydrogen (secondary N) is 1. The second kappa shape index (κ2) is 6.83. The average molecular weight is 367 g/mol. The molecule has 2 aromatic carbocycles. The highest BCUT2D eigenvalue weighted by Gasteiger charge is 2.19. The topological polar surface area (TPSA) is 27.6 Å². The van der Waals surface area contributed by atoms with E-state index < -0.39 is 0 Å². The summed E-state index contributed by atoms with van der Waals surface area (Å²) in [5.74, 6) is 0. The molecule has 118 valence electrons. The zero-order valence-electron chi connectivity index (χ0n) is 12.3. The van der Waals surface area contributed by atoms with E-state index in [0.717, 1.165) is 22.4 Å². The van der Waals surface area contributed by atoms with Gasteiger partial charge >= 0.3 is 0 Å². The Morgan fingerprint density at radius 3 is 2.48 bits per heavy atom. The standard InChI is InChI=1S/C17H14Cl3N3/c1-11-8-14(23-10-21-6-7-22-23)9-15(19)16(11)17(20)12-2-4-13(18)5-3-12/h2-10,17,22H,1H3.